The van der Waals surface area contributed by atoms with Gasteiger partial charge in [0.15, 0.2) is 5.96 Å². The van der Waals surface area contributed by atoms with E-state index in [2.05, 4.69) is 24.2 Å². The van der Waals surface area contributed by atoms with Crippen molar-refractivity contribution >= 4 is 47.4 Å². The maximum absolute atomic E-state index is 5.80. The summed E-state index contributed by atoms with van der Waals surface area (Å²) in [7, 11) is 0. The third-order valence-corrected chi connectivity index (χ3v) is 3.71. The first kappa shape index (κ1) is 18.6. The minimum Gasteiger partial charge on any atom is -0.370 e. The lowest BCUT2D eigenvalue weighted by Crippen LogP contribution is -2.22. The molecule has 1 rings (SSSR count). The summed E-state index contributed by atoms with van der Waals surface area (Å²) < 4.78 is 0. The number of aliphatic imine (C=N–C) groups is 1. The van der Waals surface area contributed by atoms with Crippen LogP contribution in [0.5, 0.6) is 0 Å². The van der Waals surface area contributed by atoms with Crippen LogP contribution in [0.1, 0.15) is 20.3 Å². The fraction of sp³-hybridized carbons (Fsp3) is 0.500. The molecule has 5 heteroatoms. The molecule has 0 spiro atoms. The van der Waals surface area contributed by atoms with E-state index in [-0.39, 0.29) is 24.0 Å². The normalized spacial score (nSPS) is 11.2. The molecule has 1 aromatic rings. The number of thioether (sulfide) groups is 1. The number of hydrogen-bond acceptors (Lipinski definition) is 2. The third-order valence-electron chi connectivity index (χ3n) is 2.23. The lowest BCUT2D eigenvalue weighted by molar-refractivity contribution is 0.749. The molecular weight excluding hydrogens is 369 g/mol. The smallest absolute Gasteiger partial charge is 0.193 e. The van der Waals surface area contributed by atoms with E-state index in [1.807, 2.05) is 42.1 Å². The van der Waals surface area contributed by atoms with Gasteiger partial charge in [0.2, 0.25) is 0 Å². The highest BCUT2D eigenvalue weighted by atomic mass is 127. The molecule has 0 saturated heterocycles. The zero-order valence-electron chi connectivity index (χ0n) is 11.6. The lowest BCUT2D eigenvalue weighted by Gasteiger charge is -2.05. The van der Waals surface area contributed by atoms with Crippen LogP contribution < -0.4 is 11.1 Å². The summed E-state index contributed by atoms with van der Waals surface area (Å²) in [5.74, 6) is 3.64. The lowest BCUT2D eigenvalue weighted by atomic mass is 10.3. The molecule has 0 aliphatic carbocycles. The second-order valence-electron chi connectivity index (χ2n) is 4.58. The highest BCUT2D eigenvalue weighted by Crippen LogP contribution is 2.08. The van der Waals surface area contributed by atoms with Crippen LogP contribution in [0, 0.1) is 5.92 Å². The zero-order chi connectivity index (χ0) is 13.2. The summed E-state index contributed by atoms with van der Waals surface area (Å²) in [5.41, 5.74) is 6.78. The predicted molar refractivity (Wildman–Crippen MR) is 98.7 cm³/mol. The van der Waals surface area contributed by atoms with Crippen LogP contribution in [0.25, 0.3) is 0 Å². The van der Waals surface area contributed by atoms with Crippen molar-refractivity contribution in [3.05, 3.63) is 30.3 Å². The van der Waals surface area contributed by atoms with Gasteiger partial charge in [0, 0.05) is 12.2 Å². The molecule has 0 unspecified atom stereocenters. The highest BCUT2D eigenvalue weighted by molar-refractivity contribution is 14.0. The van der Waals surface area contributed by atoms with Gasteiger partial charge < -0.3 is 11.1 Å². The molecule has 0 atom stereocenters. The summed E-state index contributed by atoms with van der Waals surface area (Å²) in [5, 5.41) is 3.07. The van der Waals surface area contributed by atoms with E-state index in [1.165, 1.54) is 5.75 Å². The van der Waals surface area contributed by atoms with Crippen molar-refractivity contribution in [1.29, 1.82) is 0 Å². The number of hydrogen-bond donors (Lipinski definition) is 2. The first-order valence-electron chi connectivity index (χ1n) is 6.38. The largest absolute Gasteiger partial charge is 0.370 e. The number of halogens is 1. The van der Waals surface area contributed by atoms with Gasteiger partial charge in [-0.3, -0.25) is 4.99 Å². The molecule has 0 saturated carbocycles. The number of nitrogens with zero attached hydrogens (tertiary/aromatic N) is 1. The van der Waals surface area contributed by atoms with Crippen molar-refractivity contribution in [1.82, 2.24) is 0 Å². The Kier molecular flexibility index (Phi) is 11.1. The zero-order valence-corrected chi connectivity index (χ0v) is 14.8. The van der Waals surface area contributed by atoms with Crippen LogP contribution in [0.15, 0.2) is 35.3 Å². The van der Waals surface area contributed by atoms with Crippen LogP contribution in [0.3, 0.4) is 0 Å². The first-order valence-corrected chi connectivity index (χ1v) is 7.53. The predicted octanol–water partition coefficient (Wildman–Crippen LogP) is 3.81. The molecule has 19 heavy (non-hydrogen) atoms. The van der Waals surface area contributed by atoms with Gasteiger partial charge in [-0.05, 0) is 36.0 Å². The Morgan fingerprint density at radius 3 is 2.63 bits per heavy atom. The molecule has 3 nitrogen and oxygen atoms in total. The molecule has 0 aliphatic rings. The Balaban J connectivity index is 0.00000324. The minimum atomic E-state index is 0. The summed E-state index contributed by atoms with van der Waals surface area (Å²) in [6.45, 7) is 5.27. The van der Waals surface area contributed by atoms with Gasteiger partial charge in [-0.2, -0.15) is 11.8 Å². The standard InChI is InChI=1S/C14H23N3S.HI/c1-12(2)11-18-10-6-9-16-14(15)17-13-7-4-3-5-8-13;/h3-5,7-8,12H,6,9-11H2,1-2H3,(H3,15,16,17);1H. The van der Waals surface area contributed by atoms with Gasteiger partial charge in [-0.25, -0.2) is 0 Å². The van der Waals surface area contributed by atoms with Gasteiger partial charge in [-0.1, -0.05) is 32.0 Å². The van der Waals surface area contributed by atoms with Gasteiger partial charge in [0.1, 0.15) is 0 Å². The molecule has 0 bridgehead atoms. The molecule has 0 fully saturated rings. The second kappa shape index (κ2) is 11.4. The Labute approximate surface area is 137 Å². The third kappa shape index (κ3) is 10.1. The molecule has 1 aromatic carbocycles. The molecule has 0 amide bonds. The van der Waals surface area contributed by atoms with Crippen molar-refractivity contribution in [3.8, 4) is 0 Å². The van der Waals surface area contributed by atoms with Crippen LogP contribution in [0.2, 0.25) is 0 Å². The van der Waals surface area contributed by atoms with Gasteiger partial charge in [0.05, 0.1) is 0 Å². The quantitative estimate of drug-likeness (QED) is 0.321. The average molecular weight is 393 g/mol. The summed E-state index contributed by atoms with van der Waals surface area (Å²) >= 11 is 1.99. The molecule has 108 valence electrons. The maximum atomic E-state index is 5.80. The Hall–Kier alpha value is -0.430. The van der Waals surface area contributed by atoms with E-state index < -0.39 is 0 Å². The highest BCUT2D eigenvalue weighted by Gasteiger charge is 1.95. The molecule has 3 N–H and O–H groups in total. The number of anilines is 1. The van der Waals surface area contributed by atoms with E-state index >= 15 is 0 Å². The van der Waals surface area contributed by atoms with Crippen molar-refractivity contribution < 1.29 is 0 Å². The van der Waals surface area contributed by atoms with Gasteiger partial charge >= 0.3 is 0 Å². The number of nitrogens with two attached hydrogens (primary N) is 1. The maximum Gasteiger partial charge on any atom is 0.193 e. The molecule has 0 heterocycles. The van der Waals surface area contributed by atoms with Crippen LogP contribution in [0.4, 0.5) is 5.69 Å². The van der Waals surface area contributed by atoms with E-state index in [1.54, 1.807) is 0 Å². The van der Waals surface area contributed by atoms with Crippen molar-refractivity contribution in [2.75, 3.05) is 23.4 Å². The number of nitrogens with one attached hydrogen (secondary N) is 1. The van der Waals surface area contributed by atoms with Crippen molar-refractivity contribution in [2.24, 2.45) is 16.6 Å². The van der Waals surface area contributed by atoms with Crippen molar-refractivity contribution in [3.63, 3.8) is 0 Å². The van der Waals surface area contributed by atoms with Crippen molar-refractivity contribution in [2.45, 2.75) is 20.3 Å². The number of benzene rings is 1. The average Bonchev–Trinajstić information content (AvgIpc) is 2.34. The van der Waals surface area contributed by atoms with Crippen LogP contribution in [-0.2, 0) is 0 Å². The van der Waals surface area contributed by atoms with Gasteiger partial charge in [-0.15, -0.1) is 24.0 Å². The second-order valence-corrected chi connectivity index (χ2v) is 5.73. The van der Waals surface area contributed by atoms with E-state index in [0.717, 1.165) is 30.3 Å². The topological polar surface area (TPSA) is 50.4 Å². The number of para-hydroxylation sites is 1. The SMILES string of the molecule is CC(C)CSCCCN=C(N)Nc1ccccc1.I. The number of guanidine groups is 1. The molecule has 0 radical (unpaired) electrons. The summed E-state index contributed by atoms with van der Waals surface area (Å²) in [4.78, 5) is 4.31. The summed E-state index contributed by atoms with van der Waals surface area (Å²) in [6.07, 6.45) is 1.08. The van der Waals surface area contributed by atoms with E-state index in [0.29, 0.717) is 5.96 Å². The molecular formula is C14H24IN3S. The monoisotopic (exact) mass is 393 g/mol. The number of rotatable bonds is 7. The van der Waals surface area contributed by atoms with Gasteiger partial charge in [0.25, 0.3) is 0 Å². The Morgan fingerprint density at radius 1 is 1.32 bits per heavy atom. The fourth-order valence-electron chi connectivity index (χ4n) is 1.39. The molecule has 0 aromatic heterocycles. The Morgan fingerprint density at radius 2 is 2.00 bits per heavy atom. The minimum absolute atomic E-state index is 0. The first-order chi connectivity index (χ1) is 8.68. The molecule has 0 aliphatic heterocycles. The van der Waals surface area contributed by atoms with Crippen LogP contribution in [-0.4, -0.2) is 24.0 Å². The van der Waals surface area contributed by atoms with Crippen LogP contribution >= 0.6 is 35.7 Å². The van der Waals surface area contributed by atoms with E-state index in [9.17, 15) is 0 Å². The van der Waals surface area contributed by atoms with E-state index in [4.69, 9.17) is 5.73 Å². The Bertz CT molecular complexity index is 355. The summed E-state index contributed by atoms with van der Waals surface area (Å²) in [6, 6.07) is 9.86. The fourth-order valence-corrected chi connectivity index (χ4v) is 2.37.